The van der Waals surface area contributed by atoms with Crippen molar-refractivity contribution in [1.82, 2.24) is 9.88 Å². The number of piperidine rings is 1. The predicted molar refractivity (Wildman–Crippen MR) is 83.0 cm³/mol. The number of benzene rings is 1. The molecule has 2 aromatic rings. The average molecular weight is 297 g/mol. The monoisotopic (exact) mass is 296 g/mol. The van der Waals surface area contributed by atoms with Gasteiger partial charge in [-0.3, -0.25) is 4.90 Å². The van der Waals surface area contributed by atoms with E-state index in [0.717, 1.165) is 23.2 Å². The summed E-state index contributed by atoms with van der Waals surface area (Å²) < 4.78 is 5.83. The van der Waals surface area contributed by atoms with Crippen LogP contribution in [-0.2, 0) is 0 Å². The number of hydrogen-bond donors (Lipinski definition) is 2. The van der Waals surface area contributed by atoms with Gasteiger partial charge < -0.3 is 14.8 Å². The van der Waals surface area contributed by atoms with E-state index in [4.69, 9.17) is 4.74 Å². The molecule has 0 spiro atoms. The fourth-order valence-electron chi connectivity index (χ4n) is 2.67. The smallest absolute Gasteiger partial charge is 0.144 e. The van der Waals surface area contributed by atoms with E-state index in [0.29, 0.717) is 6.61 Å². The van der Waals surface area contributed by atoms with Gasteiger partial charge in [0.25, 0.3) is 0 Å². The van der Waals surface area contributed by atoms with Gasteiger partial charge in [0.05, 0.1) is 0 Å². The van der Waals surface area contributed by atoms with Crippen molar-refractivity contribution in [2.75, 3.05) is 26.2 Å². The van der Waals surface area contributed by atoms with Crippen LogP contribution in [0.15, 0.2) is 24.4 Å². The van der Waals surface area contributed by atoms with Crippen LogP contribution >= 0.6 is 12.4 Å². The van der Waals surface area contributed by atoms with Crippen LogP contribution in [0.3, 0.4) is 0 Å². The fraction of sp³-hybridized carbons (Fsp3) is 0.467. The van der Waals surface area contributed by atoms with Crippen LogP contribution in [0.1, 0.15) is 19.3 Å². The number of aromatic nitrogens is 1. The highest BCUT2D eigenvalue weighted by atomic mass is 35.5. The molecule has 20 heavy (non-hydrogen) atoms. The molecule has 0 saturated carbocycles. The molecule has 1 aromatic carbocycles. The highest BCUT2D eigenvalue weighted by Gasteiger charge is 2.10. The Morgan fingerprint density at radius 2 is 2.00 bits per heavy atom. The van der Waals surface area contributed by atoms with Crippen molar-refractivity contribution < 1.29 is 9.84 Å². The first kappa shape index (κ1) is 15.0. The molecule has 0 atom stereocenters. The standard InChI is InChI=1S/C15H20N2O2.ClH/c18-12-4-5-14-13(10-12)15(11-16-14)19-9-8-17-6-2-1-3-7-17;/h4-5,10-11,16,18H,1-3,6-9H2;1H. The molecule has 0 radical (unpaired) electrons. The molecule has 1 aromatic heterocycles. The Bertz CT molecular complexity index is 550. The van der Waals surface area contributed by atoms with E-state index in [2.05, 4.69) is 9.88 Å². The number of fused-ring (bicyclic) bond motifs is 1. The molecular formula is C15H21ClN2O2. The second-order valence-corrected chi connectivity index (χ2v) is 5.13. The Morgan fingerprint density at radius 3 is 2.80 bits per heavy atom. The third-order valence-electron chi connectivity index (χ3n) is 3.74. The van der Waals surface area contributed by atoms with E-state index in [1.54, 1.807) is 12.1 Å². The number of halogens is 1. The number of nitrogens with zero attached hydrogens (tertiary/aromatic N) is 1. The molecule has 0 amide bonds. The van der Waals surface area contributed by atoms with Crippen molar-refractivity contribution in [2.45, 2.75) is 19.3 Å². The summed E-state index contributed by atoms with van der Waals surface area (Å²) in [6.45, 7) is 4.06. The molecule has 1 fully saturated rings. The highest BCUT2D eigenvalue weighted by molar-refractivity contribution is 5.87. The zero-order chi connectivity index (χ0) is 13.1. The maximum absolute atomic E-state index is 9.52. The third-order valence-corrected chi connectivity index (χ3v) is 3.74. The molecule has 4 nitrogen and oxygen atoms in total. The highest BCUT2D eigenvalue weighted by Crippen LogP contribution is 2.28. The summed E-state index contributed by atoms with van der Waals surface area (Å²) in [5.74, 6) is 1.09. The van der Waals surface area contributed by atoms with Gasteiger partial charge in [-0.15, -0.1) is 12.4 Å². The average Bonchev–Trinajstić information content (AvgIpc) is 2.83. The molecule has 2 N–H and O–H groups in total. The quantitative estimate of drug-likeness (QED) is 0.911. The van der Waals surface area contributed by atoms with Gasteiger partial charge >= 0.3 is 0 Å². The summed E-state index contributed by atoms with van der Waals surface area (Å²) in [5.41, 5.74) is 0.991. The molecule has 3 rings (SSSR count). The minimum atomic E-state index is 0. The van der Waals surface area contributed by atoms with Crippen molar-refractivity contribution >= 4 is 23.3 Å². The fourth-order valence-corrected chi connectivity index (χ4v) is 2.67. The lowest BCUT2D eigenvalue weighted by molar-refractivity contribution is 0.184. The SMILES string of the molecule is Cl.Oc1ccc2[nH]cc(OCCN3CCCCC3)c2c1. The molecular weight excluding hydrogens is 276 g/mol. The molecule has 5 heteroatoms. The van der Waals surface area contributed by atoms with Crippen molar-refractivity contribution in [3.8, 4) is 11.5 Å². The summed E-state index contributed by atoms with van der Waals surface area (Å²) in [4.78, 5) is 5.61. The van der Waals surface area contributed by atoms with Gasteiger partial charge in [0.1, 0.15) is 18.1 Å². The number of phenolic OH excluding ortho intramolecular Hbond substituents is 1. The van der Waals surface area contributed by atoms with Crippen LogP contribution < -0.4 is 4.74 Å². The summed E-state index contributed by atoms with van der Waals surface area (Å²) >= 11 is 0. The van der Waals surface area contributed by atoms with Crippen LogP contribution in [-0.4, -0.2) is 41.2 Å². The van der Waals surface area contributed by atoms with Crippen LogP contribution in [0.4, 0.5) is 0 Å². The van der Waals surface area contributed by atoms with Crippen molar-refractivity contribution in [3.63, 3.8) is 0 Å². The Balaban J connectivity index is 0.00000147. The number of aromatic hydroxyl groups is 1. The van der Waals surface area contributed by atoms with E-state index in [9.17, 15) is 5.11 Å². The molecule has 0 aliphatic carbocycles. The largest absolute Gasteiger partial charge is 0.508 e. The third kappa shape index (κ3) is 3.38. The first-order chi connectivity index (χ1) is 9.33. The lowest BCUT2D eigenvalue weighted by Gasteiger charge is -2.26. The van der Waals surface area contributed by atoms with Gasteiger partial charge in [-0.25, -0.2) is 0 Å². The molecule has 0 unspecified atom stereocenters. The minimum Gasteiger partial charge on any atom is -0.508 e. The van der Waals surface area contributed by atoms with Gasteiger partial charge in [0, 0.05) is 23.6 Å². The maximum Gasteiger partial charge on any atom is 0.144 e. The van der Waals surface area contributed by atoms with Gasteiger partial charge in [-0.2, -0.15) is 0 Å². The Morgan fingerprint density at radius 1 is 1.20 bits per heavy atom. The number of aromatic amines is 1. The van der Waals surface area contributed by atoms with Crippen molar-refractivity contribution in [3.05, 3.63) is 24.4 Å². The van der Waals surface area contributed by atoms with Crippen LogP contribution in [0.2, 0.25) is 0 Å². The van der Waals surface area contributed by atoms with Gasteiger partial charge in [-0.05, 0) is 44.1 Å². The molecule has 1 aliphatic heterocycles. The van der Waals surface area contributed by atoms with Crippen molar-refractivity contribution in [1.29, 1.82) is 0 Å². The summed E-state index contributed by atoms with van der Waals surface area (Å²) in [5, 5.41) is 10.5. The van der Waals surface area contributed by atoms with Crippen LogP contribution in [0.25, 0.3) is 10.9 Å². The van der Waals surface area contributed by atoms with Crippen molar-refractivity contribution in [2.24, 2.45) is 0 Å². The zero-order valence-electron chi connectivity index (χ0n) is 11.5. The zero-order valence-corrected chi connectivity index (χ0v) is 12.3. The second-order valence-electron chi connectivity index (χ2n) is 5.13. The molecule has 2 heterocycles. The van der Waals surface area contributed by atoms with E-state index in [-0.39, 0.29) is 18.2 Å². The number of hydrogen-bond acceptors (Lipinski definition) is 3. The van der Waals surface area contributed by atoms with Crippen LogP contribution in [0.5, 0.6) is 11.5 Å². The first-order valence-corrected chi connectivity index (χ1v) is 6.98. The molecule has 1 aliphatic rings. The second kappa shape index (κ2) is 6.86. The summed E-state index contributed by atoms with van der Waals surface area (Å²) in [6.07, 6.45) is 5.83. The van der Waals surface area contributed by atoms with Gasteiger partial charge in [-0.1, -0.05) is 6.42 Å². The normalized spacial score (nSPS) is 16.0. The lowest BCUT2D eigenvalue weighted by Crippen LogP contribution is -2.33. The van der Waals surface area contributed by atoms with Gasteiger partial charge in [0.15, 0.2) is 0 Å². The Labute approximate surface area is 125 Å². The van der Waals surface area contributed by atoms with Gasteiger partial charge in [0.2, 0.25) is 0 Å². The lowest BCUT2D eigenvalue weighted by atomic mass is 10.1. The van der Waals surface area contributed by atoms with Crippen LogP contribution in [0, 0.1) is 0 Å². The number of likely N-dealkylation sites (tertiary alicyclic amines) is 1. The predicted octanol–water partition coefficient (Wildman–Crippen LogP) is 3.16. The Kier molecular flexibility index (Phi) is 5.15. The first-order valence-electron chi connectivity index (χ1n) is 6.98. The van der Waals surface area contributed by atoms with E-state index < -0.39 is 0 Å². The van der Waals surface area contributed by atoms with E-state index >= 15 is 0 Å². The van der Waals surface area contributed by atoms with E-state index in [1.165, 1.54) is 32.4 Å². The number of H-pyrrole nitrogens is 1. The molecule has 110 valence electrons. The molecule has 0 bridgehead atoms. The maximum atomic E-state index is 9.52. The molecule has 1 saturated heterocycles. The van der Waals surface area contributed by atoms with E-state index in [1.807, 2.05) is 12.3 Å². The number of ether oxygens (including phenoxy) is 1. The summed E-state index contributed by atoms with van der Waals surface area (Å²) in [7, 11) is 0. The minimum absolute atomic E-state index is 0. The number of nitrogens with one attached hydrogen (secondary N) is 1. The Hall–Kier alpha value is -1.39. The summed E-state index contributed by atoms with van der Waals surface area (Å²) in [6, 6.07) is 5.28. The topological polar surface area (TPSA) is 48.5 Å². The number of rotatable bonds is 4. The number of phenols is 1.